The number of aliphatic hydroxyl groups is 3. The summed E-state index contributed by atoms with van der Waals surface area (Å²) >= 11 is -2.42. The first-order valence-electron chi connectivity index (χ1n) is 18.1. The molecular weight excluding hydrogens is 917 g/mol. The number of aromatic nitrogens is 6. The van der Waals surface area contributed by atoms with E-state index >= 15 is 0 Å². The number of likely N-dealkylation sites (N-methyl/N-ethyl adjacent to an activating group) is 2. The third kappa shape index (κ3) is 15.2. The first-order chi connectivity index (χ1) is 29.2. The van der Waals surface area contributed by atoms with Gasteiger partial charge in [-0.2, -0.15) is 55.2 Å². The van der Waals surface area contributed by atoms with Gasteiger partial charge in [-0.25, -0.2) is 4.21 Å². The largest absolute Gasteiger partial charge is 0.392 e. The molecule has 0 saturated heterocycles. The van der Waals surface area contributed by atoms with Crippen LogP contribution in [0.4, 0.5) is 47.1 Å². The molecule has 0 spiro atoms. The Morgan fingerprint density at radius 1 is 0.667 bits per heavy atom. The lowest BCUT2D eigenvalue weighted by atomic mass is 10.1. The summed E-state index contributed by atoms with van der Waals surface area (Å²) in [5, 5.41) is 35.2. The molecule has 0 saturated carbocycles. The molecule has 63 heavy (non-hydrogen) atoms. The highest BCUT2D eigenvalue weighted by Gasteiger charge is 2.22. The quantitative estimate of drug-likeness (QED) is 0.0218. The summed E-state index contributed by atoms with van der Waals surface area (Å²) in [5.41, 5.74) is -0.289. The monoisotopic (exact) mass is 962 g/mol. The molecule has 4 rings (SSSR count). The van der Waals surface area contributed by atoms with E-state index < -0.39 is 81.8 Å². The number of hydrogen-bond donors (Lipinski definition) is 9. The Morgan fingerprint density at radius 3 is 1.43 bits per heavy atom. The van der Waals surface area contributed by atoms with Crippen molar-refractivity contribution in [3.8, 4) is 0 Å². The maximum absolute atomic E-state index is 12.6. The van der Waals surface area contributed by atoms with E-state index in [1.165, 1.54) is 66.9 Å². The van der Waals surface area contributed by atoms with Gasteiger partial charge >= 0.3 is 0 Å². The molecule has 2 heterocycles. The number of aliphatic hydroxyl groups excluding tert-OH is 3. The Labute approximate surface area is 364 Å². The third-order valence-electron chi connectivity index (χ3n) is 8.27. The minimum atomic E-state index is -4.99. The van der Waals surface area contributed by atoms with Crippen LogP contribution in [0.3, 0.4) is 0 Å². The van der Waals surface area contributed by atoms with Crippen LogP contribution >= 0.6 is 0 Å². The Hall–Kier alpha value is -5.28. The predicted octanol–water partition coefficient (Wildman–Crippen LogP) is 0.101. The maximum atomic E-state index is 12.6. The van der Waals surface area contributed by atoms with E-state index in [1.54, 1.807) is 7.05 Å². The molecule has 0 radical (unpaired) electrons. The van der Waals surface area contributed by atoms with E-state index in [0.717, 1.165) is 29.2 Å². The molecule has 2 aromatic carbocycles. The van der Waals surface area contributed by atoms with E-state index in [0.29, 0.717) is 0 Å². The van der Waals surface area contributed by atoms with Gasteiger partial charge in [0.2, 0.25) is 35.7 Å². The third-order valence-corrected chi connectivity index (χ3v) is 11.3. The van der Waals surface area contributed by atoms with Crippen LogP contribution in [0.25, 0.3) is 12.2 Å². The van der Waals surface area contributed by atoms with Gasteiger partial charge in [0.25, 0.3) is 30.4 Å². The number of nitrogens with one attached hydrogen (secondary N) is 2. The zero-order valence-electron chi connectivity index (χ0n) is 34.1. The highest BCUT2D eigenvalue weighted by molar-refractivity contribution is 7.86. The van der Waals surface area contributed by atoms with Crippen molar-refractivity contribution in [2.45, 2.75) is 35.8 Å². The molecule has 0 amide bonds. The second kappa shape index (κ2) is 20.9. The van der Waals surface area contributed by atoms with Gasteiger partial charge in [-0.1, -0.05) is 24.3 Å². The zero-order valence-corrected chi connectivity index (χ0v) is 37.4. The fourth-order valence-corrected chi connectivity index (χ4v) is 7.85. The minimum Gasteiger partial charge on any atom is -0.392 e. The van der Waals surface area contributed by atoms with Crippen LogP contribution in [-0.2, 0) is 41.4 Å². The number of hydrogen-bond acceptors (Lipinski definition) is 22. The summed E-state index contributed by atoms with van der Waals surface area (Å²) in [7, 11) is -9.79. The van der Waals surface area contributed by atoms with Crippen LogP contribution < -0.4 is 30.2 Å². The number of anilines is 8. The molecule has 3 atom stereocenters. The first-order valence-corrected chi connectivity index (χ1v) is 23.8. The molecule has 3 unspecified atom stereocenters. The van der Waals surface area contributed by atoms with Crippen molar-refractivity contribution < 1.29 is 63.0 Å². The highest BCUT2D eigenvalue weighted by Crippen LogP contribution is 2.29. The molecule has 0 aliphatic carbocycles. The normalized spacial score (nSPS) is 13.7. The van der Waals surface area contributed by atoms with Crippen LogP contribution in [0, 0.1) is 0 Å². The molecule has 2 aromatic heterocycles. The van der Waals surface area contributed by atoms with Gasteiger partial charge in [-0.05, 0) is 49.2 Å². The minimum absolute atomic E-state index is 0.0114. The Morgan fingerprint density at radius 2 is 1.06 bits per heavy atom. The molecule has 346 valence electrons. The summed E-state index contributed by atoms with van der Waals surface area (Å²) in [4.78, 5) is 29.2. The van der Waals surface area contributed by atoms with Gasteiger partial charge in [0.1, 0.15) is 22.4 Å². The van der Waals surface area contributed by atoms with Gasteiger partial charge in [-0.15, -0.1) is 0 Å². The average molecular weight is 963 g/mol. The maximum Gasteiger partial charge on any atom is 0.295 e. The molecule has 0 aliphatic rings. The Kier molecular flexibility index (Phi) is 16.7. The standard InChI is InChI=1S/C33H46N12O14S4/c1-20(47)16-43(4)31-37-28(36-30(40-31)42(3)12-13-61(51,52)53)34-24-10-8-22(26(14-24)62(54,55)56)6-7-23-9-11-25(15-27(23)63(57,58)59)35-29-38-32(44(5)17-21(2)48)41-33(39-29)45(18-46)19-60(49)50/h6-11,14-15,20-21,46-48H,12-13,16-19H2,1-5H3,(H,49,50)(H,51,52,53)(H,54,55,56)(H,57,58,59)(H,34,36,37,40)(H,35,38,39,41). The van der Waals surface area contributed by atoms with Crippen molar-refractivity contribution in [2.24, 2.45) is 0 Å². The molecule has 26 nitrogen and oxygen atoms in total. The van der Waals surface area contributed by atoms with E-state index in [4.69, 9.17) is 0 Å². The van der Waals surface area contributed by atoms with Crippen LogP contribution in [-0.4, -0.2) is 164 Å². The second-order valence-corrected chi connectivity index (χ2v) is 19.1. The van der Waals surface area contributed by atoms with Crippen LogP contribution in [0.15, 0.2) is 46.2 Å². The van der Waals surface area contributed by atoms with Crippen LogP contribution in [0.5, 0.6) is 0 Å². The van der Waals surface area contributed by atoms with Crippen molar-refractivity contribution in [1.29, 1.82) is 0 Å². The first kappa shape index (κ1) is 50.4. The van der Waals surface area contributed by atoms with E-state index in [2.05, 4.69) is 40.5 Å². The van der Waals surface area contributed by atoms with Crippen molar-refractivity contribution >= 4 is 101 Å². The van der Waals surface area contributed by atoms with E-state index in [-0.39, 0.29) is 77.8 Å². The molecule has 4 aromatic rings. The van der Waals surface area contributed by atoms with Gasteiger partial charge in [0.05, 0.1) is 18.0 Å². The Bertz CT molecular complexity index is 2660. The fraction of sp³-hybridized carbons (Fsp3) is 0.394. The van der Waals surface area contributed by atoms with Gasteiger partial charge < -0.3 is 50.1 Å². The smallest absolute Gasteiger partial charge is 0.295 e. The Balaban J connectivity index is 1.71. The van der Waals surface area contributed by atoms with Crippen molar-refractivity contribution in [1.82, 2.24) is 29.9 Å². The summed E-state index contributed by atoms with van der Waals surface area (Å²) in [6.07, 6.45) is 0.638. The highest BCUT2D eigenvalue weighted by atomic mass is 32.2. The van der Waals surface area contributed by atoms with E-state index in [9.17, 15) is 63.0 Å². The summed E-state index contributed by atoms with van der Waals surface area (Å²) < 4.78 is 124. The SMILES string of the molecule is CC(O)CN(C)c1nc(Nc2ccc(C=Cc3ccc(Nc4nc(N(C)CC(C)O)nc(N(CO)CS(=O)O)n4)cc3S(=O)(=O)O)c(S(=O)(=O)O)c2)nc(N(C)CCS(=O)(=O)O)n1. The fourth-order valence-electron chi connectivity index (χ4n) is 5.46. The van der Waals surface area contributed by atoms with Crippen molar-refractivity contribution in [3.05, 3.63) is 47.5 Å². The molecule has 0 bridgehead atoms. The molecule has 30 heteroatoms. The number of nitrogens with zero attached hydrogens (tertiary/aromatic N) is 10. The number of rotatable bonds is 22. The summed E-state index contributed by atoms with van der Waals surface area (Å²) in [6, 6.07) is 7.20. The molecular formula is C33H46N12O14S4. The molecule has 9 N–H and O–H groups in total. The summed E-state index contributed by atoms with van der Waals surface area (Å²) in [5.74, 6) is -2.05. The van der Waals surface area contributed by atoms with Crippen LogP contribution in [0.1, 0.15) is 25.0 Å². The zero-order chi connectivity index (χ0) is 47.0. The van der Waals surface area contributed by atoms with Gasteiger partial charge in [-0.3, -0.25) is 13.7 Å². The van der Waals surface area contributed by atoms with E-state index in [1.807, 2.05) is 0 Å². The lowest BCUT2D eigenvalue weighted by molar-refractivity contribution is 0.200. The van der Waals surface area contributed by atoms with Crippen molar-refractivity contribution in [3.63, 3.8) is 0 Å². The molecule has 0 aliphatic heterocycles. The topological polar surface area (TPSA) is 375 Å². The van der Waals surface area contributed by atoms with Crippen molar-refractivity contribution in [2.75, 3.05) is 89.4 Å². The lowest BCUT2D eigenvalue weighted by Gasteiger charge is -2.23. The predicted molar refractivity (Wildman–Crippen MR) is 232 cm³/mol. The molecule has 0 fully saturated rings. The van der Waals surface area contributed by atoms with Gasteiger partial charge in [0, 0.05) is 52.2 Å². The second-order valence-electron chi connectivity index (χ2n) is 13.9. The lowest BCUT2D eigenvalue weighted by Crippen LogP contribution is -2.32. The van der Waals surface area contributed by atoms with Gasteiger partial charge in [0.15, 0.2) is 11.1 Å². The average Bonchev–Trinajstić information content (AvgIpc) is 3.16. The number of benzene rings is 2. The van der Waals surface area contributed by atoms with Crippen LogP contribution in [0.2, 0.25) is 0 Å². The summed E-state index contributed by atoms with van der Waals surface area (Å²) in [6.45, 7) is 2.10.